The third kappa shape index (κ3) is 4.77. The summed E-state index contributed by atoms with van der Waals surface area (Å²) in [5, 5.41) is 26.3. The fourth-order valence-electron chi connectivity index (χ4n) is 1.33. The van der Waals surface area contributed by atoms with Crippen LogP contribution in [-0.4, -0.2) is 47.3 Å². The van der Waals surface area contributed by atoms with Crippen molar-refractivity contribution >= 4 is 5.91 Å². The van der Waals surface area contributed by atoms with Crippen molar-refractivity contribution in [1.82, 2.24) is 4.90 Å². The van der Waals surface area contributed by atoms with Crippen LogP contribution in [0, 0.1) is 17.2 Å². The third-order valence-corrected chi connectivity index (χ3v) is 2.08. The van der Waals surface area contributed by atoms with E-state index in [1.807, 2.05) is 13.0 Å². The predicted molar refractivity (Wildman–Crippen MR) is 54.8 cm³/mol. The Morgan fingerprint density at radius 2 is 1.93 bits per heavy atom. The highest BCUT2D eigenvalue weighted by molar-refractivity contribution is 5.81. The molecule has 15 heavy (non-hydrogen) atoms. The molecule has 1 unspecified atom stereocenters. The Morgan fingerprint density at radius 1 is 1.40 bits per heavy atom. The Kier molecular flexibility index (Phi) is 7.60. The molecule has 0 aromatic heterocycles. The summed E-state index contributed by atoms with van der Waals surface area (Å²) >= 11 is 0. The quantitative estimate of drug-likeness (QED) is 0.611. The van der Waals surface area contributed by atoms with Gasteiger partial charge in [0, 0.05) is 13.1 Å². The van der Waals surface area contributed by atoms with Crippen LogP contribution in [0.25, 0.3) is 0 Å². The van der Waals surface area contributed by atoms with E-state index in [2.05, 4.69) is 0 Å². The smallest absolute Gasteiger partial charge is 0.240 e. The van der Waals surface area contributed by atoms with Crippen LogP contribution in [0.1, 0.15) is 19.8 Å². The summed E-state index contributed by atoms with van der Waals surface area (Å²) in [5.41, 5.74) is 0. The molecule has 0 fully saturated rings. The molecule has 0 radical (unpaired) electrons. The fourth-order valence-corrected chi connectivity index (χ4v) is 1.33. The number of rotatable bonds is 7. The summed E-state index contributed by atoms with van der Waals surface area (Å²) in [4.78, 5) is 13.0. The van der Waals surface area contributed by atoms with Crippen molar-refractivity contribution in [1.29, 1.82) is 5.26 Å². The normalized spacial score (nSPS) is 11.9. The van der Waals surface area contributed by atoms with E-state index in [-0.39, 0.29) is 32.2 Å². The highest BCUT2D eigenvalue weighted by atomic mass is 16.3. The molecule has 0 saturated heterocycles. The molecule has 0 aliphatic rings. The Balaban J connectivity index is 4.38. The van der Waals surface area contributed by atoms with Gasteiger partial charge in [0.2, 0.25) is 5.91 Å². The van der Waals surface area contributed by atoms with E-state index in [0.717, 1.165) is 6.42 Å². The van der Waals surface area contributed by atoms with E-state index in [9.17, 15) is 4.79 Å². The van der Waals surface area contributed by atoms with Crippen molar-refractivity contribution in [2.75, 3.05) is 26.3 Å². The number of nitriles is 1. The van der Waals surface area contributed by atoms with Gasteiger partial charge in [-0.05, 0) is 6.42 Å². The SMILES string of the molecule is CCCC(C#N)C(=O)N(CCO)CCO. The van der Waals surface area contributed by atoms with E-state index in [0.29, 0.717) is 6.42 Å². The molecule has 1 atom stereocenters. The summed E-state index contributed by atoms with van der Waals surface area (Å²) in [6, 6.07) is 1.95. The van der Waals surface area contributed by atoms with E-state index in [1.165, 1.54) is 4.90 Å². The number of carbonyl (C=O) groups is 1. The van der Waals surface area contributed by atoms with Crippen LogP contribution in [0.5, 0.6) is 0 Å². The number of nitrogens with zero attached hydrogens (tertiary/aromatic N) is 2. The second-order valence-corrected chi connectivity index (χ2v) is 3.24. The number of aliphatic hydroxyl groups is 2. The molecular formula is C10H18N2O3. The van der Waals surface area contributed by atoms with Crippen LogP contribution >= 0.6 is 0 Å². The monoisotopic (exact) mass is 214 g/mol. The number of carbonyl (C=O) groups excluding carboxylic acids is 1. The molecule has 0 rings (SSSR count). The molecule has 0 heterocycles. The molecule has 5 heteroatoms. The minimum atomic E-state index is -0.659. The van der Waals surface area contributed by atoms with Crippen molar-refractivity contribution < 1.29 is 15.0 Å². The molecule has 0 bridgehead atoms. The summed E-state index contributed by atoms with van der Waals surface area (Å²) in [6.07, 6.45) is 1.28. The summed E-state index contributed by atoms with van der Waals surface area (Å²) < 4.78 is 0. The number of hydrogen-bond donors (Lipinski definition) is 2. The zero-order chi connectivity index (χ0) is 11.7. The maximum absolute atomic E-state index is 11.7. The molecule has 0 aromatic carbocycles. The molecule has 2 N–H and O–H groups in total. The zero-order valence-corrected chi connectivity index (χ0v) is 9.02. The van der Waals surface area contributed by atoms with Crippen LogP contribution in [0.3, 0.4) is 0 Å². The topological polar surface area (TPSA) is 84.6 Å². The lowest BCUT2D eigenvalue weighted by Crippen LogP contribution is -2.39. The molecule has 0 aliphatic heterocycles. The van der Waals surface area contributed by atoms with Crippen LogP contribution < -0.4 is 0 Å². The minimum Gasteiger partial charge on any atom is -0.395 e. The van der Waals surface area contributed by atoms with E-state index < -0.39 is 5.92 Å². The van der Waals surface area contributed by atoms with Gasteiger partial charge >= 0.3 is 0 Å². The molecule has 0 aromatic rings. The molecule has 0 saturated carbocycles. The highest BCUT2D eigenvalue weighted by Crippen LogP contribution is 2.09. The van der Waals surface area contributed by atoms with Crippen molar-refractivity contribution in [3.05, 3.63) is 0 Å². The third-order valence-electron chi connectivity index (χ3n) is 2.08. The van der Waals surface area contributed by atoms with Gasteiger partial charge in [-0.15, -0.1) is 0 Å². The van der Waals surface area contributed by atoms with Crippen LogP contribution in [-0.2, 0) is 4.79 Å². The van der Waals surface area contributed by atoms with Gasteiger partial charge < -0.3 is 15.1 Å². The largest absolute Gasteiger partial charge is 0.395 e. The fraction of sp³-hybridized carbons (Fsp3) is 0.800. The lowest BCUT2D eigenvalue weighted by Gasteiger charge is -2.22. The lowest BCUT2D eigenvalue weighted by atomic mass is 10.0. The Bertz CT molecular complexity index is 219. The first kappa shape index (κ1) is 13.9. The first-order valence-corrected chi connectivity index (χ1v) is 5.11. The standard InChI is InChI=1S/C10H18N2O3/c1-2-3-9(8-11)10(15)12(4-6-13)5-7-14/h9,13-14H,2-7H2,1H3. The van der Waals surface area contributed by atoms with Crippen molar-refractivity contribution in [2.45, 2.75) is 19.8 Å². The minimum absolute atomic E-state index is 0.157. The van der Waals surface area contributed by atoms with Crippen LogP contribution in [0.15, 0.2) is 0 Å². The molecule has 0 spiro atoms. The Hall–Kier alpha value is -1.12. The first-order valence-electron chi connectivity index (χ1n) is 5.11. The molecule has 1 amide bonds. The number of hydrogen-bond acceptors (Lipinski definition) is 4. The van der Waals surface area contributed by atoms with Gasteiger partial charge in [0.1, 0.15) is 5.92 Å². The summed E-state index contributed by atoms with van der Waals surface area (Å²) in [5.74, 6) is -0.962. The van der Waals surface area contributed by atoms with Crippen LogP contribution in [0.2, 0.25) is 0 Å². The Morgan fingerprint density at radius 3 is 2.27 bits per heavy atom. The van der Waals surface area contributed by atoms with E-state index >= 15 is 0 Å². The van der Waals surface area contributed by atoms with Crippen LogP contribution in [0.4, 0.5) is 0 Å². The maximum atomic E-state index is 11.7. The van der Waals surface area contributed by atoms with Gasteiger partial charge in [-0.3, -0.25) is 4.79 Å². The van der Waals surface area contributed by atoms with Gasteiger partial charge in [-0.2, -0.15) is 5.26 Å². The maximum Gasteiger partial charge on any atom is 0.240 e. The summed E-state index contributed by atoms with van der Waals surface area (Å²) in [7, 11) is 0. The second kappa shape index (κ2) is 8.21. The average molecular weight is 214 g/mol. The lowest BCUT2D eigenvalue weighted by molar-refractivity contribution is -0.135. The van der Waals surface area contributed by atoms with Gasteiger partial charge in [-0.25, -0.2) is 0 Å². The van der Waals surface area contributed by atoms with Gasteiger partial charge in [0.05, 0.1) is 19.3 Å². The van der Waals surface area contributed by atoms with Crippen molar-refractivity contribution in [3.8, 4) is 6.07 Å². The zero-order valence-electron chi connectivity index (χ0n) is 9.02. The number of amides is 1. The molecule has 5 nitrogen and oxygen atoms in total. The first-order chi connectivity index (χ1) is 7.21. The second-order valence-electron chi connectivity index (χ2n) is 3.24. The highest BCUT2D eigenvalue weighted by Gasteiger charge is 2.22. The average Bonchev–Trinajstić information content (AvgIpc) is 2.24. The van der Waals surface area contributed by atoms with Gasteiger partial charge in [0.15, 0.2) is 0 Å². The van der Waals surface area contributed by atoms with Crippen molar-refractivity contribution in [3.63, 3.8) is 0 Å². The van der Waals surface area contributed by atoms with Crippen molar-refractivity contribution in [2.24, 2.45) is 5.92 Å². The Labute approximate surface area is 89.9 Å². The predicted octanol–water partition coefficient (Wildman–Crippen LogP) is -0.261. The number of aliphatic hydroxyl groups excluding tert-OH is 2. The van der Waals surface area contributed by atoms with Gasteiger partial charge in [-0.1, -0.05) is 13.3 Å². The molecule has 0 aliphatic carbocycles. The summed E-state index contributed by atoms with van der Waals surface area (Å²) in [6.45, 7) is 1.93. The molecule has 86 valence electrons. The van der Waals surface area contributed by atoms with E-state index in [1.54, 1.807) is 0 Å². The molecular weight excluding hydrogens is 196 g/mol. The van der Waals surface area contributed by atoms with Gasteiger partial charge in [0.25, 0.3) is 0 Å². The van der Waals surface area contributed by atoms with E-state index in [4.69, 9.17) is 15.5 Å².